The number of sulfone groups is 1. The maximum Gasteiger partial charge on any atom is 0.337 e. The Labute approximate surface area is 96.6 Å². The van der Waals surface area contributed by atoms with Gasteiger partial charge in [0.1, 0.15) is 5.82 Å². The molecule has 0 amide bonds. The lowest BCUT2D eigenvalue weighted by molar-refractivity contribution is -0.132. The molecule has 1 heterocycles. The molecule has 1 N–H and O–H groups in total. The zero-order chi connectivity index (χ0) is 12.6. The van der Waals surface area contributed by atoms with Crippen LogP contribution in [0.2, 0.25) is 0 Å². The van der Waals surface area contributed by atoms with E-state index in [1.165, 1.54) is 18.2 Å². The second-order valence-corrected chi connectivity index (χ2v) is 5.09. The first-order chi connectivity index (χ1) is 7.91. The molecule has 0 spiro atoms. The Hall–Kier alpha value is -1.95. The van der Waals surface area contributed by atoms with Gasteiger partial charge in [0, 0.05) is 16.5 Å². The fraction of sp³-hybridized carbons (Fsp3) is 0. The van der Waals surface area contributed by atoms with E-state index in [-0.39, 0.29) is 11.1 Å². The summed E-state index contributed by atoms with van der Waals surface area (Å²) in [5, 5.41) is 10.3. The molecule has 0 radical (unpaired) electrons. The summed E-state index contributed by atoms with van der Waals surface area (Å²) >= 11 is 0. The molecule has 0 aliphatic carbocycles. The topological polar surface area (TPSA) is 71.4 Å². The molecular weight excluding hydrogens is 247 g/mol. The summed E-state index contributed by atoms with van der Waals surface area (Å²) in [6, 6.07) is 5.41. The minimum absolute atomic E-state index is 0.0396. The minimum atomic E-state index is -3.73. The highest BCUT2D eigenvalue weighted by Gasteiger charge is 2.27. The Morgan fingerprint density at radius 1 is 1.18 bits per heavy atom. The first-order valence-electron chi connectivity index (χ1n) is 4.58. The van der Waals surface area contributed by atoms with Crippen LogP contribution in [-0.2, 0) is 14.6 Å². The highest BCUT2D eigenvalue weighted by atomic mass is 32.2. The molecule has 0 aromatic heterocycles. The second-order valence-electron chi connectivity index (χ2n) is 3.44. The van der Waals surface area contributed by atoms with E-state index in [0.29, 0.717) is 5.41 Å². The van der Waals surface area contributed by atoms with E-state index in [4.69, 9.17) is 5.11 Å². The molecule has 0 bridgehead atoms. The van der Waals surface area contributed by atoms with Crippen LogP contribution in [0.25, 0.3) is 5.57 Å². The third-order valence-electron chi connectivity index (χ3n) is 2.25. The lowest BCUT2D eigenvalue weighted by Gasteiger charge is -2.04. The normalized spacial score (nSPS) is 17.5. The zero-order valence-corrected chi connectivity index (χ0v) is 9.24. The second kappa shape index (κ2) is 3.81. The van der Waals surface area contributed by atoms with Crippen molar-refractivity contribution in [1.82, 2.24) is 0 Å². The van der Waals surface area contributed by atoms with E-state index in [1.54, 1.807) is 0 Å². The maximum absolute atomic E-state index is 13.5. The molecule has 2 rings (SSSR count). The van der Waals surface area contributed by atoms with E-state index in [2.05, 4.69) is 0 Å². The molecule has 1 aromatic carbocycles. The molecule has 1 aliphatic rings. The first-order valence-corrected chi connectivity index (χ1v) is 6.19. The van der Waals surface area contributed by atoms with Crippen molar-refractivity contribution in [3.63, 3.8) is 0 Å². The Balaban J connectivity index is 2.65. The molecule has 1 aliphatic heterocycles. The largest absolute Gasteiger partial charge is 0.478 e. The number of rotatable bonds is 2. The van der Waals surface area contributed by atoms with Crippen LogP contribution in [0, 0.1) is 5.82 Å². The van der Waals surface area contributed by atoms with Crippen molar-refractivity contribution in [3.05, 3.63) is 52.0 Å². The molecule has 88 valence electrons. The highest BCUT2D eigenvalue weighted by Crippen LogP contribution is 2.32. The molecule has 0 fully saturated rings. The Kier molecular flexibility index (Phi) is 2.59. The number of hydrogen-bond donors (Lipinski definition) is 1. The summed E-state index contributed by atoms with van der Waals surface area (Å²) in [5.74, 6) is -2.07. The summed E-state index contributed by atoms with van der Waals surface area (Å²) in [7, 11) is -3.73. The fourth-order valence-electron chi connectivity index (χ4n) is 1.54. The molecule has 4 nitrogen and oxygen atoms in total. The average Bonchev–Trinajstić information content (AvgIpc) is 2.55. The number of halogens is 1. The lowest BCUT2D eigenvalue weighted by Crippen LogP contribution is -2.02. The van der Waals surface area contributed by atoms with Crippen LogP contribution < -0.4 is 0 Å². The van der Waals surface area contributed by atoms with Crippen molar-refractivity contribution in [2.75, 3.05) is 0 Å². The van der Waals surface area contributed by atoms with Crippen molar-refractivity contribution in [2.24, 2.45) is 0 Å². The molecule has 17 heavy (non-hydrogen) atoms. The van der Waals surface area contributed by atoms with Crippen molar-refractivity contribution in [2.45, 2.75) is 0 Å². The van der Waals surface area contributed by atoms with Gasteiger partial charge in [-0.1, -0.05) is 18.2 Å². The first kappa shape index (κ1) is 11.5. The van der Waals surface area contributed by atoms with Crippen LogP contribution in [0.3, 0.4) is 0 Å². The van der Waals surface area contributed by atoms with Crippen LogP contribution in [0.15, 0.2) is 40.7 Å². The van der Waals surface area contributed by atoms with Gasteiger partial charge in [0.25, 0.3) is 0 Å². The van der Waals surface area contributed by atoms with Crippen molar-refractivity contribution >= 4 is 21.4 Å². The summed E-state index contributed by atoms with van der Waals surface area (Å²) < 4.78 is 36.1. The number of hydrogen-bond acceptors (Lipinski definition) is 3. The van der Waals surface area contributed by atoms with E-state index in [0.717, 1.165) is 11.5 Å². The third-order valence-corrected chi connectivity index (χ3v) is 3.38. The van der Waals surface area contributed by atoms with E-state index in [1.807, 2.05) is 0 Å². The van der Waals surface area contributed by atoms with Crippen LogP contribution in [0.5, 0.6) is 0 Å². The number of benzene rings is 1. The van der Waals surface area contributed by atoms with Gasteiger partial charge >= 0.3 is 5.97 Å². The molecule has 6 heteroatoms. The van der Waals surface area contributed by atoms with Crippen LogP contribution in [0.1, 0.15) is 5.56 Å². The summed E-state index contributed by atoms with van der Waals surface area (Å²) in [6.45, 7) is 0. The Bertz CT molecular complexity index is 656. The molecule has 0 unspecified atom stereocenters. The molecule has 0 saturated carbocycles. The van der Waals surface area contributed by atoms with Crippen molar-refractivity contribution < 1.29 is 22.7 Å². The Morgan fingerprint density at radius 3 is 2.41 bits per heavy atom. The standard InChI is InChI=1S/C11H7FO4S/c12-10-4-2-1-3-7(10)8-5-17(15,16)6-9(8)11(13)14/h1-6H,(H,13,14). The predicted molar refractivity (Wildman–Crippen MR) is 59.0 cm³/mol. The van der Waals surface area contributed by atoms with E-state index in [9.17, 15) is 17.6 Å². The molecule has 0 saturated heterocycles. The molecular formula is C11H7FO4S. The number of carboxylic acid groups (broad SMARTS) is 1. The molecule has 0 atom stereocenters. The van der Waals surface area contributed by atoms with Gasteiger partial charge in [0.2, 0.25) is 0 Å². The maximum atomic E-state index is 13.5. The van der Waals surface area contributed by atoms with E-state index >= 15 is 0 Å². The SMILES string of the molecule is O=C(O)C1=CS(=O)(=O)C=C1c1ccccc1F. The van der Waals surface area contributed by atoms with Gasteiger partial charge in [0.15, 0.2) is 9.84 Å². The fourth-order valence-corrected chi connectivity index (χ4v) is 2.75. The van der Waals surface area contributed by atoms with Gasteiger partial charge in [-0.25, -0.2) is 17.6 Å². The van der Waals surface area contributed by atoms with Crippen molar-refractivity contribution in [3.8, 4) is 0 Å². The molecule has 1 aromatic rings. The minimum Gasteiger partial charge on any atom is -0.478 e. The monoisotopic (exact) mass is 254 g/mol. The van der Waals surface area contributed by atoms with Crippen LogP contribution in [0.4, 0.5) is 4.39 Å². The van der Waals surface area contributed by atoms with E-state index < -0.39 is 27.2 Å². The van der Waals surface area contributed by atoms with Crippen molar-refractivity contribution in [1.29, 1.82) is 0 Å². The average molecular weight is 254 g/mol. The van der Waals surface area contributed by atoms with Gasteiger partial charge in [-0.2, -0.15) is 0 Å². The van der Waals surface area contributed by atoms with Gasteiger partial charge < -0.3 is 5.11 Å². The lowest BCUT2D eigenvalue weighted by atomic mass is 10.0. The number of carbonyl (C=O) groups is 1. The van der Waals surface area contributed by atoms with Crippen LogP contribution in [-0.4, -0.2) is 19.5 Å². The number of carboxylic acids is 1. The van der Waals surface area contributed by atoms with Gasteiger partial charge in [-0.3, -0.25) is 0 Å². The zero-order valence-electron chi connectivity index (χ0n) is 8.42. The smallest absolute Gasteiger partial charge is 0.337 e. The van der Waals surface area contributed by atoms with Gasteiger partial charge in [-0.05, 0) is 6.07 Å². The highest BCUT2D eigenvalue weighted by molar-refractivity contribution is 7.97. The predicted octanol–water partition coefficient (Wildman–Crippen LogP) is 1.56. The van der Waals surface area contributed by atoms with Gasteiger partial charge in [-0.15, -0.1) is 0 Å². The summed E-state index contributed by atoms with van der Waals surface area (Å²) in [5.41, 5.74) is -0.590. The Morgan fingerprint density at radius 2 is 1.82 bits per heavy atom. The quantitative estimate of drug-likeness (QED) is 0.869. The summed E-state index contributed by atoms with van der Waals surface area (Å²) in [6.07, 6.45) is 0. The third kappa shape index (κ3) is 2.12. The summed E-state index contributed by atoms with van der Waals surface area (Å²) in [4.78, 5) is 10.9. The number of aliphatic carboxylic acids is 1. The van der Waals surface area contributed by atoms with Crippen LogP contribution >= 0.6 is 0 Å². The van der Waals surface area contributed by atoms with Gasteiger partial charge in [0.05, 0.1) is 11.0 Å².